The fraction of sp³-hybridized carbons (Fsp3) is 0.556. The largest absolute Gasteiger partial charge is 0.469 e. The van der Waals surface area contributed by atoms with Crippen LogP contribution in [0.1, 0.15) is 43.7 Å². The van der Waals surface area contributed by atoms with E-state index in [1.165, 1.54) is 19.2 Å². The van der Waals surface area contributed by atoms with E-state index in [9.17, 15) is 14.0 Å². The molecule has 3 rings (SSSR count). The third-order valence-corrected chi connectivity index (χ3v) is 5.09. The van der Waals surface area contributed by atoms with Gasteiger partial charge in [-0.2, -0.15) is 0 Å². The number of hydrogen-bond donors (Lipinski definition) is 0. The van der Waals surface area contributed by atoms with Gasteiger partial charge in [-0.3, -0.25) is 9.59 Å². The number of ether oxygens (including phenoxy) is 1. The lowest BCUT2D eigenvalue weighted by atomic mass is 9.90. The molecule has 1 heterocycles. The quantitative estimate of drug-likeness (QED) is 0.801. The maximum Gasteiger partial charge on any atom is 0.310 e. The van der Waals surface area contributed by atoms with E-state index in [-0.39, 0.29) is 30.2 Å². The minimum atomic E-state index is -0.392. The summed E-state index contributed by atoms with van der Waals surface area (Å²) in [6, 6.07) is 6.33. The smallest absolute Gasteiger partial charge is 0.310 e. The van der Waals surface area contributed by atoms with Crippen LogP contribution >= 0.6 is 0 Å². The van der Waals surface area contributed by atoms with Gasteiger partial charge in [-0.25, -0.2) is 4.39 Å². The van der Waals surface area contributed by atoms with Crippen LogP contribution in [0.3, 0.4) is 0 Å². The molecule has 0 aromatic heterocycles. The molecule has 1 saturated heterocycles. The molecule has 1 aromatic rings. The number of methoxy groups -OCH3 is 1. The van der Waals surface area contributed by atoms with Crippen molar-refractivity contribution in [2.24, 2.45) is 11.8 Å². The van der Waals surface area contributed by atoms with Crippen molar-refractivity contribution >= 4 is 11.9 Å². The van der Waals surface area contributed by atoms with Crippen molar-refractivity contribution in [3.05, 3.63) is 35.6 Å². The molecule has 2 unspecified atom stereocenters. The van der Waals surface area contributed by atoms with Crippen molar-refractivity contribution in [1.82, 2.24) is 4.90 Å². The Balaban J connectivity index is 1.87. The molecule has 0 bridgehead atoms. The highest BCUT2D eigenvalue weighted by Gasteiger charge is 2.42. The van der Waals surface area contributed by atoms with Gasteiger partial charge in [0.05, 0.1) is 19.1 Å². The van der Waals surface area contributed by atoms with E-state index in [1.807, 2.05) is 4.90 Å². The van der Waals surface area contributed by atoms with Gasteiger partial charge >= 0.3 is 5.97 Å². The minimum Gasteiger partial charge on any atom is -0.469 e. The second-order valence-electron chi connectivity index (χ2n) is 6.51. The predicted octanol–water partition coefficient (Wildman–Crippen LogP) is 3.08. The Morgan fingerprint density at radius 3 is 2.52 bits per heavy atom. The highest BCUT2D eigenvalue weighted by Crippen LogP contribution is 2.42. The Kier molecular flexibility index (Phi) is 4.64. The standard InChI is InChI=1S/C18H22FNO3/c1-23-18(22)14-10-16(21)20(11-14)17(12-4-2-3-5-12)13-6-8-15(19)9-7-13/h6-9,12,14,17H,2-5,10-11H2,1H3. The van der Waals surface area contributed by atoms with Gasteiger partial charge in [0, 0.05) is 13.0 Å². The van der Waals surface area contributed by atoms with Gasteiger partial charge in [0.25, 0.3) is 0 Å². The summed E-state index contributed by atoms with van der Waals surface area (Å²) >= 11 is 0. The van der Waals surface area contributed by atoms with Gasteiger partial charge in [0.2, 0.25) is 5.91 Å². The summed E-state index contributed by atoms with van der Waals surface area (Å²) in [6.07, 6.45) is 4.65. The first-order valence-electron chi connectivity index (χ1n) is 8.23. The zero-order chi connectivity index (χ0) is 16.4. The predicted molar refractivity (Wildman–Crippen MR) is 82.9 cm³/mol. The van der Waals surface area contributed by atoms with E-state index in [0.717, 1.165) is 31.2 Å². The number of nitrogens with zero attached hydrogens (tertiary/aromatic N) is 1. The van der Waals surface area contributed by atoms with Gasteiger partial charge in [-0.05, 0) is 36.5 Å². The zero-order valence-corrected chi connectivity index (χ0v) is 13.3. The first-order valence-corrected chi connectivity index (χ1v) is 8.23. The Morgan fingerprint density at radius 1 is 1.26 bits per heavy atom. The molecule has 1 aliphatic heterocycles. The van der Waals surface area contributed by atoms with Crippen molar-refractivity contribution in [3.8, 4) is 0 Å². The molecule has 2 aliphatic rings. The lowest BCUT2D eigenvalue weighted by Gasteiger charge is -2.33. The second kappa shape index (κ2) is 6.69. The SMILES string of the molecule is COC(=O)C1CC(=O)N(C(c2ccc(F)cc2)C2CCCC2)C1. The third-order valence-electron chi connectivity index (χ3n) is 5.09. The first kappa shape index (κ1) is 16.0. The number of carbonyl (C=O) groups excluding carboxylic acids is 2. The van der Waals surface area contributed by atoms with Crippen LogP contribution in [0.2, 0.25) is 0 Å². The van der Waals surface area contributed by atoms with Crippen LogP contribution in [0.5, 0.6) is 0 Å². The summed E-state index contributed by atoms with van der Waals surface area (Å²) in [7, 11) is 1.35. The normalized spacial score (nSPS) is 23.3. The summed E-state index contributed by atoms with van der Waals surface area (Å²) in [5, 5.41) is 0. The lowest BCUT2D eigenvalue weighted by Crippen LogP contribution is -2.35. The van der Waals surface area contributed by atoms with Crippen LogP contribution < -0.4 is 0 Å². The van der Waals surface area contributed by atoms with Crippen molar-refractivity contribution in [2.75, 3.05) is 13.7 Å². The highest BCUT2D eigenvalue weighted by molar-refractivity contribution is 5.87. The molecule has 1 aliphatic carbocycles. The molecule has 0 spiro atoms. The molecule has 1 aromatic carbocycles. The Hall–Kier alpha value is -1.91. The Labute approximate surface area is 135 Å². The van der Waals surface area contributed by atoms with Crippen molar-refractivity contribution in [1.29, 1.82) is 0 Å². The Morgan fingerprint density at radius 2 is 1.91 bits per heavy atom. The fourth-order valence-corrected chi connectivity index (χ4v) is 3.96. The molecule has 1 saturated carbocycles. The number of hydrogen-bond acceptors (Lipinski definition) is 3. The summed E-state index contributed by atoms with van der Waals surface area (Å²) in [4.78, 5) is 26.1. The van der Waals surface area contributed by atoms with Crippen LogP contribution in [0.25, 0.3) is 0 Å². The van der Waals surface area contributed by atoms with E-state index in [0.29, 0.717) is 12.5 Å². The minimum absolute atomic E-state index is 0.0124. The molecule has 2 fully saturated rings. The maximum absolute atomic E-state index is 13.3. The van der Waals surface area contributed by atoms with Crippen molar-refractivity contribution < 1.29 is 18.7 Å². The van der Waals surface area contributed by atoms with E-state index in [4.69, 9.17) is 4.74 Å². The molecule has 2 atom stereocenters. The molecule has 124 valence electrons. The molecular formula is C18H22FNO3. The highest BCUT2D eigenvalue weighted by atomic mass is 19.1. The number of halogens is 1. The van der Waals surface area contributed by atoms with Crippen LogP contribution in [-0.4, -0.2) is 30.4 Å². The molecule has 4 nitrogen and oxygen atoms in total. The second-order valence-corrected chi connectivity index (χ2v) is 6.51. The summed E-state index contributed by atoms with van der Waals surface area (Å²) < 4.78 is 18.0. The number of benzene rings is 1. The van der Waals surface area contributed by atoms with Gasteiger partial charge < -0.3 is 9.64 Å². The lowest BCUT2D eigenvalue weighted by molar-refractivity contribution is -0.145. The van der Waals surface area contributed by atoms with Crippen molar-refractivity contribution in [2.45, 2.75) is 38.1 Å². The van der Waals surface area contributed by atoms with Gasteiger partial charge in [-0.15, -0.1) is 0 Å². The number of carbonyl (C=O) groups is 2. The molecule has 0 N–H and O–H groups in total. The molecule has 1 amide bonds. The van der Waals surface area contributed by atoms with E-state index < -0.39 is 5.92 Å². The van der Waals surface area contributed by atoms with Crippen LogP contribution in [0.4, 0.5) is 4.39 Å². The van der Waals surface area contributed by atoms with E-state index >= 15 is 0 Å². The molecule has 0 radical (unpaired) electrons. The first-order chi connectivity index (χ1) is 11.1. The fourth-order valence-electron chi connectivity index (χ4n) is 3.96. The van der Waals surface area contributed by atoms with E-state index in [1.54, 1.807) is 12.1 Å². The van der Waals surface area contributed by atoms with E-state index in [2.05, 4.69) is 0 Å². The van der Waals surface area contributed by atoms with Crippen molar-refractivity contribution in [3.63, 3.8) is 0 Å². The Bertz CT molecular complexity index is 580. The molecule has 5 heteroatoms. The maximum atomic E-state index is 13.3. The van der Waals surface area contributed by atoms with Gasteiger partial charge in [0.15, 0.2) is 0 Å². The average Bonchev–Trinajstić information content (AvgIpc) is 3.20. The van der Waals surface area contributed by atoms with Gasteiger partial charge in [0.1, 0.15) is 5.82 Å². The summed E-state index contributed by atoms with van der Waals surface area (Å²) in [5.74, 6) is -0.636. The number of likely N-dealkylation sites (tertiary alicyclic amines) is 1. The monoisotopic (exact) mass is 319 g/mol. The number of esters is 1. The summed E-state index contributed by atoms with van der Waals surface area (Å²) in [6.45, 7) is 0.393. The molecular weight excluding hydrogens is 297 g/mol. The molecule has 23 heavy (non-hydrogen) atoms. The third kappa shape index (κ3) is 3.23. The van der Waals surface area contributed by atoms with Crippen LogP contribution in [-0.2, 0) is 14.3 Å². The van der Waals surface area contributed by atoms with Crippen LogP contribution in [0, 0.1) is 17.7 Å². The zero-order valence-electron chi connectivity index (χ0n) is 13.3. The number of rotatable bonds is 4. The topological polar surface area (TPSA) is 46.6 Å². The van der Waals surface area contributed by atoms with Crippen LogP contribution in [0.15, 0.2) is 24.3 Å². The number of amides is 1. The van der Waals surface area contributed by atoms with Gasteiger partial charge in [-0.1, -0.05) is 25.0 Å². The average molecular weight is 319 g/mol. The summed E-state index contributed by atoms with van der Waals surface area (Å²) in [5.41, 5.74) is 0.956.